The molecule has 1 aliphatic heterocycles. The Hall–Kier alpha value is -0.640. The lowest BCUT2D eigenvalue weighted by molar-refractivity contribution is 0.156. The Morgan fingerprint density at radius 3 is 2.76 bits per heavy atom. The number of para-hydroxylation sites is 1. The minimum absolute atomic E-state index is 0.255. The van der Waals surface area contributed by atoms with Crippen LogP contribution in [0.5, 0.6) is 0 Å². The molecule has 0 aromatic heterocycles. The van der Waals surface area contributed by atoms with Gasteiger partial charge in [-0.25, -0.2) is 4.79 Å². The summed E-state index contributed by atoms with van der Waals surface area (Å²) in [5.41, 5.74) is 1.99. The molecule has 0 radical (unpaired) electrons. The van der Waals surface area contributed by atoms with Gasteiger partial charge in [0.15, 0.2) is 0 Å². The van der Waals surface area contributed by atoms with Crippen molar-refractivity contribution in [3.8, 4) is 0 Å². The Morgan fingerprint density at radius 1 is 1.35 bits per heavy atom. The van der Waals surface area contributed by atoms with Crippen molar-refractivity contribution in [2.45, 2.75) is 10.2 Å². The summed E-state index contributed by atoms with van der Waals surface area (Å²) in [7, 11) is 0. The van der Waals surface area contributed by atoms with Crippen LogP contribution >= 0.6 is 34.8 Å². The average Bonchev–Trinajstić information content (AvgIpc) is 2.68. The van der Waals surface area contributed by atoms with E-state index in [0.717, 1.165) is 17.7 Å². The molecule has 3 nitrogen and oxygen atoms in total. The summed E-state index contributed by atoms with van der Waals surface area (Å²) in [5.74, 6) is 0. The van der Waals surface area contributed by atoms with E-state index in [4.69, 9.17) is 39.5 Å². The molecule has 0 aliphatic carbocycles. The van der Waals surface area contributed by atoms with E-state index in [2.05, 4.69) is 0 Å². The van der Waals surface area contributed by atoms with E-state index in [1.54, 1.807) is 4.90 Å². The molecule has 0 spiro atoms. The van der Waals surface area contributed by atoms with Gasteiger partial charge in [0.25, 0.3) is 0 Å². The molecule has 0 unspecified atom stereocenters. The summed E-state index contributed by atoms with van der Waals surface area (Å²) in [6.07, 6.45) is 0.334. The third-order valence-corrected chi connectivity index (χ3v) is 2.79. The Bertz CT molecular complexity index is 431. The van der Waals surface area contributed by atoms with Gasteiger partial charge in [0.05, 0.1) is 5.69 Å². The van der Waals surface area contributed by atoms with Crippen molar-refractivity contribution in [1.82, 2.24) is 0 Å². The van der Waals surface area contributed by atoms with Gasteiger partial charge >= 0.3 is 6.09 Å². The van der Waals surface area contributed by atoms with E-state index in [9.17, 15) is 4.79 Å². The predicted octanol–water partition coefficient (Wildman–Crippen LogP) is 3.56. The quantitative estimate of drug-likeness (QED) is 0.741. The molecule has 6 heteroatoms. The van der Waals surface area contributed by atoms with Crippen LogP contribution in [0.15, 0.2) is 24.3 Å². The Morgan fingerprint density at radius 2 is 2.06 bits per heavy atom. The van der Waals surface area contributed by atoms with Crippen LogP contribution in [-0.2, 0) is 11.2 Å². The van der Waals surface area contributed by atoms with Crippen molar-refractivity contribution in [1.29, 1.82) is 0 Å². The fraction of sp³-hybridized carbons (Fsp3) is 0.364. The zero-order chi connectivity index (χ0) is 12.5. The molecular weight excluding hydrogens is 284 g/mol. The van der Waals surface area contributed by atoms with E-state index in [1.165, 1.54) is 0 Å². The molecule has 1 aromatic rings. The second-order valence-corrected chi connectivity index (χ2v) is 6.22. The van der Waals surface area contributed by atoms with Crippen LogP contribution in [0.2, 0.25) is 0 Å². The minimum atomic E-state index is -1.57. The van der Waals surface area contributed by atoms with Gasteiger partial charge in [-0.2, -0.15) is 0 Å². The molecule has 1 heterocycles. The molecular formula is C11H10Cl3NO2. The van der Waals surface area contributed by atoms with Gasteiger partial charge in [0.2, 0.25) is 3.79 Å². The highest BCUT2D eigenvalue weighted by Crippen LogP contribution is 2.30. The summed E-state index contributed by atoms with van der Waals surface area (Å²) in [6, 6.07) is 7.67. The van der Waals surface area contributed by atoms with Crippen molar-refractivity contribution in [3.05, 3.63) is 29.8 Å². The SMILES string of the molecule is O=C(OCC(Cl)(Cl)Cl)N1CCc2ccccc21. The molecule has 0 atom stereocenters. The van der Waals surface area contributed by atoms with Gasteiger partial charge in [-0.05, 0) is 18.1 Å². The monoisotopic (exact) mass is 293 g/mol. The molecule has 1 aromatic carbocycles. The Kier molecular flexibility index (Phi) is 3.71. The zero-order valence-corrected chi connectivity index (χ0v) is 11.1. The number of benzene rings is 1. The fourth-order valence-corrected chi connectivity index (χ4v) is 1.91. The second-order valence-electron chi connectivity index (χ2n) is 3.70. The minimum Gasteiger partial charge on any atom is -0.445 e. The molecule has 1 aliphatic rings. The number of hydrogen-bond donors (Lipinski definition) is 0. The lowest BCUT2D eigenvalue weighted by Crippen LogP contribution is -2.32. The number of anilines is 1. The molecule has 92 valence electrons. The van der Waals surface area contributed by atoms with Crippen LogP contribution in [0, 0.1) is 0 Å². The topological polar surface area (TPSA) is 29.5 Å². The van der Waals surface area contributed by atoms with Crippen LogP contribution in [0.25, 0.3) is 0 Å². The maximum Gasteiger partial charge on any atom is 0.414 e. The highest BCUT2D eigenvalue weighted by atomic mass is 35.6. The highest BCUT2D eigenvalue weighted by molar-refractivity contribution is 6.67. The summed E-state index contributed by atoms with van der Waals surface area (Å²) in [5, 5.41) is 0. The average molecular weight is 295 g/mol. The van der Waals surface area contributed by atoms with Crippen molar-refractivity contribution in [3.63, 3.8) is 0 Å². The van der Waals surface area contributed by atoms with Gasteiger partial charge in [-0.1, -0.05) is 53.0 Å². The molecule has 0 bridgehead atoms. The summed E-state index contributed by atoms with van der Waals surface area (Å²) in [4.78, 5) is 13.3. The summed E-state index contributed by atoms with van der Waals surface area (Å²) >= 11 is 16.6. The van der Waals surface area contributed by atoms with Crippen LogP contribution in [0.1, 0.15) is 5.56 Å². The number of ether oxygens (including phenoxy) is 1. The number of carbonyl (C=O) groups is 1. The summed E-state index contributed by atoms with van der Waals surface area (Å²) < 4.78 is 3.36. The van der Waals surface area contributed by atoms with E-state index in [1.807, 2.05) is 24.3 Å². The number of rotatable bonds is 1. The molecule has 2 rings (SSSR count). The third-order valence-electron chi connectivity index (χ3n) is 2.47. The number of nitrogens with zero attached hydrogens (tertiary/aromatic N) is 1. The largest absolute Gasteiger partial charge is 0.445 e. The number of carbonyl (C=O) groups excluding carboxylic acids is 1. The number of hydrogen-bond acceptors (Lipinski definition) is 2. The number of amides is 1. The predicted molar refractivity (Wildman–Crippen MR) is 69.1 cm³/mol. The fourth-order valence-electron chi connectivity index (χ4n) is 1.75. The zero-order valence-electron chi connectivity index (χ0n) is 8.83. The third kappa shape index (κ3) is 3.18. The first kappa shape index (κ1) is 12.8. The van der Waals surface area contributed by atoms with Gasteiger partial charge in [-0.15, -0.1) is 0 Å². The number of fused-ring (bicyclic) bond motifs is 1. The molecule has 0 fully saturated rings. The van der Waals surface area contributed by atoms with Crippen molar-refractivity contribution < 1.29 is 9.53 Å². The summed E-state index contributed by atoms with van der Waals surface area (Å²) in [6.45, 7) is 0.340. The Balaban J connectivity index is 2.03. The van der Waals surface area contributed by atoms with Crippen molar-refractivity contribution >= 4 is 46.6 Å². The van der Waals surface area contributed by atoms with Crippen LogP contribution in [-0.4, -0.2) is 23.0 Å². The number of halogens is 3. The second kappa shape index (κ2) is 4.92. The highest BCUT2D eigenvalue weighted by Gasteiger charge is 2.28. The Labute approximate surface area is 114 Å². The van der Waals surface area contributed by atoms with E-state index >= 15 is 0 Å². The van der Waals surface area contributed by atoms with E-state index in [-0.39, 0.29) is 6.61 Å². The van der Waals surface area contributed by atoms with Gasteiger partial charge in [0.1, 0.15) is 6.61 Å². The first-order chi connectivity index (χ1) is 7.97. The molecule has 1 amide bonds. The first-order valence-electron chi connectivity index (χ1n) is 5.06. The number of alkyl halides is 3. The van der Waals surface area contributed by atoms with Gasteiger partial charge < -0.3 is 4.74 Å². The first-order valence-corrected chi connectivity index (χ1v) is 6.20. The van der Waals surface area contributed by atoms with Gasteiger partial charge in [0, 0.05) is 6.54 Å². The van der Waals surface area contributed by atoms with Crippen LogP contribution in [0.4, 0.5) is 10.5 Å². The standard InChI is InChI=1S/C11H10Cl3NO2/c12-11(13,14)7-17-10(16)15-6-5-8-3-1-2-4-9(8)15/h1-4H,5-7H2. The van der Waals surface area contributed by atoms with Gasteiger partial charge in [-0.3, -0.25) is 4.90 Å². The van der Waals surface area contributed by atoms with Crippen molar-refractivity contribution in [2.24, 2.45) is 0 Å². The van der Waals surface area contributed by atoms with E-state index < -0.39 is 9.89 Å². The molecule has 17 heavy (non-hydrogen) atoms. The normalized spacial score (nSPS) is 14.6. The van der Waals surface area contributed by atoms with E-state index in [0.29, 0.717) is 6.54 Å². The van der Waals surface area contributed by atoms with Crippen LogP contribution < -0.4 is 4.90 Å². The smallest absolute Gasteiger partial charge is 0.414 e. The lowest BCUT2D eigenvalue weighted by atomic mass is 10.2. The molecule has 0 saturated carbocycles. The van der Waals surface area contributed by atoms with Crippen LogP contribution in [0.3, 0.4) is 0 Å². The lowest BCUT2D eigenvalue weighted by Gasteiger charge is -2.18. The maximum atomic E-state index is 11.8. The molecule has 0 N–H and O–H groups in total. The maximum absolute atomic E-state index is 11.8. The molecule has 0 saturated heterocycles. The van der Waals surface area contributed by atoms with Crippen molar-refractivity contribution in [2.75, 3.05) is 18.1 Å².